The lowest BCUT2D eigenvalue weighted by atomic mass is 9.99. The Hall–Kier alpha value is -1.56. The number of benzene rings is 1. The zero-order valence-corrected chi connectivity index (χ0v) is 18.4. The standard InChI is InChI=1S/C21H36N2O3S/c1-6-8-13-19(7-2)16-22-20(24)14-10-15-23(27(5,25)26)21-17(3)11-9-12-18(21)4/h9,11-12,19H,6-8,10,13-16H2,1-5H3,(H,22,24)/t19-/m0/s1. The second-order valence-corrected chi connectivity index (χ2v) is 9.31. The van der Waals surface area contributed by atoms with Gasteiger partial charge in [0, 0.05) is 19.5 Å². The molecule has 0 fully saturated rings. The molecule has 5 nitrogen and oxygen atoms in total. The SMILES string of the molecule is CCCC[C@H](CC)CNC(=O)CCCN(c1c(C)cccc1C)S(C)(=O)=O. The van der Waals surface area contributed by atoms with Crippen LogP contribution in [0.25, 0.3) is 0 Å². The van der Waals surface area contributed by atoms with E-state index in [1.165, 1.54) is 23.4 Å². The lowest BCUT2D eigenvalue weighted by molar-refractivity contribution is -0.121. The second kappa shape index (κ2) is 11.3. The number of sulfonamides is 1. The molecule has 0 aliphatic carbocycles. The number of nitrogens with one attached hydrogen (secondary N) is 1. The number of amides is 1. The van der Waals surface area contributed by atoms with Crippen LogP contribution in [0, 0.1) is 19.8 Å². The first kappa shape index (κ1) is 23.5. The zero-order chi connectivity index (χ0) is 20.4. The average molecular weight is 397 g/mol. The number of para-hydroxylation sites is 1. The van der Waals surface area contributed by atoms with Gasteiger partial charge in [-0.15, -0.1) is 0 Å². The van der Waals surface area contributed by atoms with E-state index in [1.807, 2.05) is 32.0 Å². The summed E-state index contributed by atoms with van der Waals surface area (Å²) in [5.41, 5.74) is 2.57. The minimum Gasteiger partial charge on any atom is -0.356 e. The molecular formula is C21H36N2O3S. The molecular weight excluding hydrogens is 360 g/mol. The fraction of sp³-hybridized carbons (Fsp3) is 0.667. The predicted octanol–water partition coefficient (Wildman–Crippen LogP) is 4.18. The number of rotatable bonds is 12. The third-order valence-electron chi connectivity index (χ3n) is 4.99. The fourth-order valence-electron chi connectivity index (χ4n) is 3.32. The molecule has 0 saturated carbocycles. The minimum atomic E-state index is -3.40. The highest BCUT2D eigenvalue weighted by Gasteiger charge is 2.21. The number of anilines is 1. The molecule has 154 valence electrons. The van der Waals surface area contributed by atoms with Gasteiger partial charge in [0.1, 0.15) is 0 Å². The van der Waals surface area contributed by atoms with Crippen LogP contribution in [0.2, 0.25) is 0 Å². The molecule has 1 amide bonds. The third kappa shape index (κ3) is 7.91. The molecule has 0 aromatic heterocycles. The Morgan fingerprint density at radius 1 is 1.15 bits per heavy atom. The van der Waals surface area contributed by atoms with Gasteiger partial charge >= 0.3 is 0 Å². The van der Waals surface area contributed by atoms with E-state index < -0.39 is 10.0 Å². The summed E-state index contributed by atoms with van der Waals surface area (Å²) < 4.78 is 26.0. The Balaban J connectivity index is 2.62. The van der Waals surface area contributed by atoms with Crippen LogP contribution in [0.1, 0.15) is 63.5 Å². The van der Waals surface area contributed by atoms with Crippen molar-refractivity contribution in [3.63, 3.8) is 0 Å². The Kier molecular flexibility index (Phi) is 9.84. The van der Waals surface area contributed by atoms with Crippen molar-refractivity contribution in [3.05, 3.63) is 29.3 Å². The van der Waals surface area contributed by atoms with Gasteiger partial charge in [-0.05, 0) is 43.7 Å². The molecule has 0 bridgehead atoms. The van der Waals surface area contributed by atoms with Crippen molar-refractivity contribution in [1.82, 2.24) is 5.32 Å². The van der Waals surface area contributed by atoms with Gasteiger partial charge in [0.05, 0.1) is 11.9 Å². The highest BCUT2D eigenvalue weighted by Crippen LogP contribution is 2.27. The number of hydrogen-bond donors (Lipinski definition) is 1. The van der Waals surface area contributed by atoms with Gasteiger partial charge in [0.2, 0.25) is 15.9 Å². The second-order valence-electron chi connectivity index (χ2n) is 7.40. The Bertz CT molecular complexity index is 681. The summed E-state index contributed by atoms with van der Waals surface area (Å²) in [7, 11) is -3.40. The van der Waals surface area contributed by atoms with Crippen molar-refractivity contribution >= 4 is 21.6 Å². The molecule has 1 aromatic carbocycles. The van der Waals surface area contributed by atoms with Crippen molar-refractivity contribution in [2.24, 2.45) is 5.92 Å². The Labute approximate surface area is 165 Å². The third-order valence-corrected chi connectivity index (χ3v) is 6.15. The van der Waals surface area contributed by atoms with Gasteiger partial charge < -0.3 is 5.32 Å². The molecule has 0 aliphatic heterocycles. The van der Waals surface area contributed by atoms with Crippen LogP contribution in [-0.4, -0.2) is 33.7 Å². The summed E-state index contributed by atoms with van der Waals surface area (Å²) in [6, 6.07) is 5.74. The Morgan fingerprint density at radius 3 is 2.30 bits per heavy atom. The number of unbranched alkanes of at least 4 members (excludes halogenated alkanes) is 1. The monoisotopic (exact) mass is 396 g/mol. The van der Waals surface area contributed by atoms with Gasteiger partial charge in [-0.1, -0.05) is 51.3 Å². The summed E-state index contributed by atoms with van der Waals surface area (Å²) in [6.45, 7) is 9.17. The first-order valence-electron chi connectivity index (χ1n) is 10.0. The van der Waals surface area contributed by atoms with Crippen LogP contribution in [0.4, 0.5) is 5.69 Å². The van der Waals surface area contributed by atoms with Crippen LogP contribution >= 0.6 is 0 Å². The van der Waals surface area contributed by atoms with E-state index in [0.29, 0.717) is 31.8 Å². The first-order valence-corrected chi connectivity index (χ1v) is 11.9. The van der Waals surface area contributed by atoms with E-state index >= 15 is 0 Å². The number of nitrogens with zero attached hydrogens (tertiary/aromatic N) is 1. The van der Waals surface area contributed by atoms with Crippen molar-refractivity contribution in [2.45, 2.75) is 66.2 Å². The highest BCUT2D eigenvalue weighted by molar-refractivity contribution is 7.92. The molecule has 0 radical (unpaired) electrons. The van der Waals surface area contributed by atoms with Gasteiger partial charge in [-0.2, -0.15) is 0 Å². The van der Waals surface area contributed by atoms with E-state index in [4.69, 9.17) is 0 Å². The lowest BCUT2D eigenvalue weighted by Gasteiger charge is -2.26. The van der Waals surface area contributed by atoms with Gasteiger partial charge in [-0.25, -0.2) is 8.42 Å². The number of carbonyl (C=O) groups excluding carboxylic acids is 1. The summed E-state index contributed by atoms with van der Waals surface area (Å²) >= 11 is 0. The van der Waals surface area contributed by atoms with E-state index in [2.05, 4.69) is 19.2 Å². The van der Waals surface area contributed by atoms with Crippen molar-refractivity contribution in [3.8, 4) is 0 Å². The largest absolute Gasteiger partial charge is 0.356 e. The topological polar surface area (TPSA) is 66.5 Å². The van der Waals surface area contributed by atoms with Crippen molar-refractivity contribution in [1.29, 1.82) is 0 Å². The lowest BCUT2D eigenvalue weighted by Crippen LogP contribution is -2.34. The maximum atomic E-state index is 12.3. The van der Waals surface area contributed by atoms with E-state index in [0.717, 1.165) is 29.7 Å². The van der Waals surface area contributed by atoms with Crippen LogP contribution in [-0.2, 0) is 14.8 Å². The fourth-order valence-corrected chi connectivity index (χ4v) is 4.40. The summed E-state index contributed by atoms with van der Waals surface area (Å²) in [4.78, 5) is 12.2. The molecule has 0 spiro atoms. The zero-order valence-electron chi connectivity index (χ0n) is 17.5. The van der Waals surface area contributed by atoms with E-state index in [-0.39, 0.29) is 5.91 Å². The molecule has 1 N–H and O–H groups in total. The quantitative estimate of drug-likeness (QED) is 0.576. The summed E-state index contributed by atoms with van der Waals surface area (Å²) in [5.74, 6) is 0.524. The van der Waals surface area contributed by atoms with E-state index in [1.54, 1.807) is 0 Å². The van der Waals surface area contributed by atoms with Crippen LogP contribution in [0.15, 0.2) is 18.2 Å². The molecule has 1 atom stereocenters. The van der Waals surface area contributed by atoms with Gasteiger partial charge in [0.15, 0.2) is 0 Å². The molecule has 0 saturated heterocycles. The predicted molar refractivity (Wildman–Crippen MR) is 114 cm³/mol. The minimum absolute atomic E-state index is 0.0000879. The molecule has 0 heterocycles. The molecule has 6 heteroatoms. The van der Waals surface area contributed by atoms with E-state index in [9.17, 15) is 13.2 Å². The smallest absolute Gasteiger partial charge is 0.232 e. The number of carbonyl (C=O) groups is 1. The van der Waals surface area contributed by atoms with Gasteiger partial charge in [-0.3, -0.25) is 9.10 Å². The number of hydrogen-bond acceptors (Lipinski definition) is 3. The molecule has 0 unspecified atom stereocenters. The molecule has 1 aromatic rings. The number of aryl methyl sites for hydroxylation is 2. The maximum absolute atomic E-state index is 12.3. The highest BCUT2D eigenvalue weighted by atomic mass is 32.2. The van der Waals surface area contributed by atoms with Crippen LogP contribution in [0.3, 0.4) is 0 Å². The maximum Gasteiger partial charge on any atom is 0.232 e. The van der Waals surface area contributed by atoms with Crippen LogP contribution < -0.4 is 9.62 Å². The summed E-state index contributed by atoms with van der Waals surface area (Å²) in [5, 5.41) is 3.01. The summed E-state index contributed by atoms with van der Waals surface area (Å²) in [6.07, 6.45) is 6.62. The van der Waals surface area contributed by atoms with Crippen molar-refractivity contribution < 1.29 is 13.2 Å². The molecule has 0 aliphatic rings. The van der Waals surface area contributed by atoms with Gasteiger partial charge in [0.25, 0.3) is 0 Å². The molecule has 27 heavy (non-hydrogen) atoms. The van der Waals surface area contributed by atoms with Crippen LogP contribution in [0.5, 0.6) is 0 Å². The first-order chi connectivity index (χ1) is 12.7. The normalized spacial score (nSPS) is 12.6. The van der Waals surface area contributed by atoms with Crippen molar-refractivity contribution in [2.75, 3.05) is 23.7 Å². The Morgan fingerprint density at radius 2 is 1.78 bits per heavy atom. The average Bonchev–Trinajstić information content (AvgIpc) is 2.59. The molecule has 1 rings (SSSR count).